The summed E-state index contributed by atoms with van der Waals surface area (Å²) >= 11 is 3.39. The third-order valence-corrected chi connectivity index (χ3v) is 5.61. The fourth-order valence-electron chi connectivity index (χ4n) is 2.45. The first-order chi connectivity index (χ1) is 14.5. The Morgan fingerprint density at radius 1 is 1.20 bits per heavy atom. The van der Waals surface area contributed by atoms with Crippen LogP contribution in [0.5, 0.6) is 11.5 Å². The summed E-state index contributed by atoms with van der Waals surface area (Å²) in [5, 5.41) is 3.29. The molecule has 0 atom stereocenters. The lowest BCUT2D eigenvalue weighted by Gasteiger charge is -2.07. The molecule has 0 aromatic heterocycles. The summed E-state index contributed by atoms with van der Waals surface area (Å²) in [4.78, 5) is 28.5. The Bertz CT molecular complexity index is 1000. The Morgan fingerprint density at radius 2 is 1.97 bits per heavy atom. The summed E-state index contributed by atoms with van der Waals surface area (Å²) in [6.07, 6.45) is 1.78. The molecule has 0 aliphatic carbocycles. The number of aliphatic imine (C=N–C) groups is 1. The molecule has 2 aromatic rings. The topological polar surface area (TPSA) is 86.2 Å². The molecule has 1 saturated heterocycles. The summed E-state index contributed by atoms with van der Waals surface area (Å²) in [6, 6.07) is 12.8. The molecule has 1 aliphatic heterocycles. The quantitative estimate of drug-likeness (QED) is 0.324. The predicted molar refractivity (Wildman–Crippen MR) is 125 cm³/mol. The number of benzene rings is 2. The summed E-state index contributed by atoms with van der Waals surface area (Å²) in [5.74, 6) is 0.698. The lowest BCUT2D eigenvalue weighted by atomic mass is 10.2. The Balaban J connectivity index is 1.69. The van der Waals surface area contributed by atoms with Gasteiger partial charge in [-0.2, -0.15) is 0 Å². The largest absolute Gasteiger partial charge is 0.494 e. The van der Waals surface area contributed by atoms with Crippen LogP contribution < -0.4 is 14.8 Å². The molecule has 30 heavy (non-hydrogen) atoms. The number of hydrogen-bond acceptors (Lipinski definition) is 7. The molecule has 1 N–H and O–H groups in total. The number of methoxy groups -OCH3 is 1. The van der Waals surface area contributed by atoms with E-state index in [1.807, 2.05) is 43.3 Å². The van der Waals surface area contributed by atoms with Gasteiger partial charge in [-0.25, -0.2) is 9.79 Å². The molecule has 156 valence electrons. The van der Waals surface area contributed by atoms with E-state index >= 15 is 0 Å². The minimum absolute atomic E-state index is 0.156. The lowest BCUT2D eigenvalue weighted by molar-refractivity contribution is -0.142. The third kappa shape index (κ3) is 5.99. The van der Waals surface area contributed by atoms with Gasteiger partial charge in [0.25, 0.3) is 5.91 Å². The van der Waals surface area contributed by atoms with E-state index in [1.165, 1.54) is 18.9 Å². The number of thioether (sulfide) groups is 1. The molecule has 1 fully saturated rings. The van der Waals surface area contributed by atoms with Crippen LogP contribution >= 0.6 is 34.4 Å². The molecule has 3 rings (SSSR count). The summed E-state index contributed by atoms with van der Waals surface area (Å²) in [5.41, 5.74) is 1.56. The lowest BCUT2D eigenvalue weighted by Crippen LogP contribution is -2.19. The first-order valence-corrected chi connectivity index (χ1v) is 10.9. The maximum Gasteiger partial charge on any atom is 0.343 e. The number of hydrogen-bond donors (Lipinski definition) is 1. The highest BCUT2D eigenvalue weighted by atomic mass is 127. The van der Waals surface area contributed by atoms with Crippen molar-refractivity contribution < 1.29 is 23.8 Å². The molecule has 1 heterocycles. The van der Waals surface area contributed by atoms with Crippen molar-refractivity contribution in [3.05, 3.63) is 56.5 Å². The van der Waals surface area contributed by atoms with Gasteiger partial charge < -0.3 is 19.5 Å². The maximum atomic E-state index is 12.3. The molecule has 0 unspecified atom stereocenters. The Hall–Kier alpha value is -2.53. The van der Waals surface area contributed by atoms with Gasteiger partial charge in [0.1, 0.15) is 11.5 Å². The van der Waals surface area contributed by atoms with E-state index in [1.54, 1.807) is 12.1 Å². The molecule has 0 saturated carbocycles. The van der Waals surface area contributed by atoms with Gasteiger partial charge >= 0.3 is 5.97 Å². The van der Waals surface area contributed by atoms with Gasteiger partial charge in [0.15, 0.2) is 11.8 Å². The van der Waals surface area contributed by atoms with E-state index in [0.29, 0.717) is 22.4 Å². The molecule has 2 aromatic carbocycles. The second-order valence-electron chi connectivity index (χ2n) is 5.96. The highest BCUT2D eigenvalue weighted by molar-refractivity contribution is 14.1. The molecule has 0 bridgehead atoms. The van der Waals surface area contributed by atoms with Crippen molar-refractivity contribution in [2.24, 2.45) is 4.99 Å². The molecule has 0 radical (unpaired) electrons. The van der Waals surface area contributed by atoms with Crippen molar-refractivity contribution in [2.45, 2.75) is 6.92 Å². The number of nitrogens with one attached hydrogen (secondary N) is 1. The zero-order valence-corrected chi connectivity index (χ0v) is 19.3. The van der Waals surface area contributed by atoms with E-state index in [-0.39, 0.29) is 12.5 Å². The van der Waals surface area contributed by atoms with E-state index < -0.39 is 5.97 Å². The number of halogens is 1. The Morgan fingerprint density at radius 3 is 2.63 bits per heavy atom. The molecular weight excluding hydrogens is 519 g/mol. The van der Waals surface area contributed by atoms with Crippen molar-refractivity contribution >= 4 is 63.2 Å². The maximum absolute atomic E-state index is 12.3. The fraction of sp³-hybridized carbons (Fsp3) is 0.190. The van der Waals surface area contributed by atoms with Crippen LogP contribution in [-0.4, -0.2) is 37.4 Å². The average Bonchev–Trinajstić information content (AvgIpc) is 3.07. The van der Waals surface area contributed by atoms with Gasteiger partial charge in [0, 0.05) is 0 Å². The smallest absolute Gasteiger partial charge is 0.343 e. The normalized spacial score (nSPS) is 15.9. The molecule has 1 aliphatic rings. The van der Waals surface area contributed by atoms with Gasteiger partial charge in [-0.05, 0) is 89.3 Å². The summed E-state index contributed by atoms with van der Waals surface area (Å²) in [6.45, 7) is 2.37. The predicted octanol–water partition coefficient (Wildman–Crippen LogP) is 4.13. The highest BCUT2D eigenvalue weighted by Crippen LogP contribution is 2.30. The van der Waals surface area contributed by atoms with Crippen molar-refractivity contribution in [3.8, 4) is 11.5 Å². The van der Waals surface area contributed by atoms with E-state index in [9.17, 15) is 9.59 Å². The number of esters is 1. The zero-order valence-electron chi connectivity index (χ0n) is 16.3. The van der Waals surface area contributed by atoms with Crippen LogP contribution in [0.15, 0.2) is 52.4 Å². The second-order valence-corrected chi connectivity index (χ2v) is 8.16. The number of rotatable bonds is 7. The van der Waals surface area contributed by atoms with Crippen molar-refractivity contribution in [2.75, 3.05) is 20.3 Å². The highest BCUT2D eigenvalue weighted by Gasteiger charge is 2.24. The van der Waals surface area contributed by atoms with Gasteiger partial charge in [-0.15, -0.1) is 0 Å². The number of carbonyl (C=O) groups excluding carboxylic acids is 2. The van der Waals surface area contributed by atoms with Crippen molar-refractivity contribution in [1.82, 2.24) is 5.32 Å². The van der Waals surface area contributed by atoms with E-state index in [0.717, 1.165) is 20.6 Å². The van der Waals surface area contributed by atoms with Crippen LogP contribution in [0.4, 0.5) is 5.69 Å². The van der Waals surface area contributed by atoms with Crippen molar-refractivity contribution in [1.29, 1.82) is 0 Å². The molecule has 9 heteroatoms. The Kier molecular flexibility index (Phi) is 7.75. The van der Waals surface area contributed by atoms with Crippen LogP contribution in [0.3, 0.4) is 0 Å². The van der Waals surface area contributed by atoms with Crippen LogP contribution in [0.2, 0.25) is 0 Å². The van der Waals surface area contributed by atoms with Crippen LogP contribution in [0, 0.1) is 3.57 Å². The number of amidine groups is 1. The summed E-state index contributed by atoms with van der Waals surface area (Å²) < 4.78 is 16.2. The second kappa shape index (κ2) is 10.5. The van der Waals surface area contributed by atoms with Gasteiger partial charge in [-0.3, -0.25) is 4.79 Å². The number of nitrogens with zero attached hydrogens (tertiary/aromatic N) is 1. The number of amides is 1. The van der Waals surface area contributed by atoms with Crippen LogP contribution in [0.25, 0.3) is 6.08 Å². The fourth-order valence-corrected chi connectivity index (χ4v) is 3.99. The Labute approximate surface area is 192 Å². The summed E-state index contributed by atoms with van der Waals surface area (Å²) in [7, 11) is 1.31. The van der Waals surface area contributed by atoms with Gasteiger partial charge in [-0.1, -0.05) is 6.07 Å². The van der Waals surface area contributed by atoms with Gasteiger partial charge in [0.05, 0.1) is 27.9 Å². The standard InChI is InChI=1S/C21H19IN2O5S/c1-3-28-15-7-5-14(6-8-15)23-21-24-20(26)18(30-21)11-13-4-9-17(16(22)10-13)29-12-19(25)27-2/h4-11H,3,12H2,1-2H3,(H,23,24,26)/b18-11+. The molecule has 7 nitrogen and oxygen atoms in total. The minimum atomic E-state index is -0.449. The first-order valence-electron chi connectivity index (χ1n) is 9.00. The number of carbonyl (C=O) groups is 2. The monoisotopic (exact) mass is 538 g/mol. The van der Waals surface area contributed by atoms with Crippen LogP contribution in [-0.2, 0) is 14.3 Å². The minimum Gasteiger partial charge on any atom is -0.494 e. The number of ether oxygens (including phenoxy) is 3. The third-order valence-electron chi connectivity index (χ3n) is 3.86. The van der Waals surface area contributed by atoms with E-state index in [2.05, 4.69) is 37.6 Å². The average molecular weight is 538 g/mol. The van der Waals surface area contributed by atoms with Crippen molar-refractivity contribution in [3.63, 3.8) is 0 Å². The van der Waals surface area contributed by atoms with Crippen LogP contribution in [0.1, 0.15) is 12.5 Å². The SMILES string of the molecule is CCOc1ccc(N=C2NC(=O)/C(=C\c3ccc(OCC(=O)OC)c(I)c3)S2)cc1. The first kappa shape index (κ1) is 22.2. The molecule has 1 amide bonds. The zero-order chi connectivity index (χ0) is 21.5. The van der Waals surface area contributed by atoms with Gasteiger partial charge in [0.2, 0.25) is 0 Å². The molecule has 0 spiro atoms. The van der Waals surface area contributed by atoms with E-state index in [4.69, 9.17) is 9.47 Å². The molecular formula is C21H19IN2O5S.